The molecule has 2 aliphatic heterocycles. The Kier molecular flexibility index (Phi) is 7.60. The van der Waals surface area contributed by atoms with Crippen LogP contribution in [-0.2, 0) is 4.79 Å². The quantitative estimate of drug-likeness (QED) is 0.501. The van der Waals surface area contributed by atoms with Crippen LogP contribution in [-0.4, -0.2) is 53.4 Å². The first-order valence-electron chi connectivity index (χ1n) is 11.5. The second-order valence-electron chi connectivity index (χ2n) is 9.06. The third-order valence-corrected chi connectivity index (χ3v) is 7.22. The number of carbonyl (C=O) groups is 2. The smallest absolute Gasteiger partial charge is 0.256 e. The molecule has 33 heavy (non-hydrogen) atoms. The number of aliphatic hydroxyl groups is 1. The van der Waals surface area contributed by atoms with Gasteiger partial charge in [-0.1, -0.05) is 23.7 Å². The Morgan fingerprint density at radius 1 is 1.12 bits per heavy atom. The van der Waals surface area contributed by atoms with Crippen LogP contribution in [0.1, 0.15) is 54.1 Å². The average Bonchev–Trinajstić information content (AvgIpc) is 2.84. The summed E-state index contributed by atoms with van der Waals surface area (Å²) in [5, 5.41) is 10.6. The molecule has 0 saturated carbocycles. The van der Waals surface area contributed by atoms with E-state index in [0.717, 1.165) is 51.0 Å². The van der Waals surface area contributed by atoms with E-state index in [4.69, 9.17) is 11.6 Å². The van der Waals surface area contributed by atoms with E-state index < -0.39 is 11.9 Å². The number of piperidine rings is 2. The number of amides is 1. The number of rotatable bonds is 6. The summed E-state index contributed by atoms with van der Waals surface area (Å²) in [5.74, 6) is 1.21. The molecule has 0 spiro atoms. The standard InChI is InChI=1S/C25H29ClFN3O3/c26-24-20(16-31)4-5-22(28-24)29-10-6-17(7-11-29)14-18-8-12-30(13-9-18)25(33)23(32)19-2-1-3-21(27)15-19/h1-5,15-18,23,32H,6-14H2. The van der Waals surface area contributed by atoms with Crippen molar-refractivity contribution in [3.8, 4) is 0 Å². The molecule has 1 atom stereocenters. The van der Waals surface area contributed by atoms with Crippen LogP contribution in [0.4, 0.5) is 10.2 Å². The number of aromatic nitrogens is 1. The molecule has 1 aromatic carbocycles. The first-order valence-corrected chi connectivity index (χ1v) is 11.9. The number of anilines is 1. The minimum atomic E-state index is -1.32. The lowest BCUT2D eigenvalue weighted by molar-refractivity contribution is -0.142. The van der Waals surface area contributed by atoms with E-state index in [1.165, 1.54) is 18.2 Å². The number of pyridine rings is 1. The maximum Gasteiger partial charge on any atom is 0.256 e. The molecule has 1 amide bonds. The molecule has 1 N–H and O–H groups in total. The number of carbonyl (C=O) groups excluding carboxylic acids is 2. The molecule has 6 nitrogen and oxygen atoms in total. The van der Waals surface area contributed by atoms with Crippen LogP contribution in [0, 0.1) is 17.7 Å². The lowest BCUT2D eigenvalue weighted by Crippen LogP contribution is -2.42. The Hall–Kier alpha value is -2.51. The molecule has 2 fully saturated rings. The zero-order chi connectivity index (χ0) is 23.4. The number of benzene rings is 1. The zero-order valence-corrected chi connectivity index (χ0v) is 19.3. The molecule has 1 aromatic heterocycles. The van der Waals surface area contributed by atoms with Gasteiger partial charge >= 0.3 is 0 Å². The van der Waals surface area contributed by atoms with Crippen LogP contribution < -0.4 is 4.90 Å². The number of hydrogen-bond acceptors (Lipinski definition) is 5. The van der Waals surface area contributed by atoms with E-state index in [-0.39, 0.29) is 11.1 Å². The average molecular weight is 474 g/mol. The van der Waals surface area contributed by atoms with Gasteiger partial charge < -0.3 is 14.9 Å². The summed E-state index contributed by atoms with van der Waals surface area (Å²) in [4.78, 5) is 31.9. The van der Waals surface area contributed by atoms with Gasteiger partial charge in [-0.3, -0.25) is 9.59 Å². The minimum absolute atomic E-state index is 0.244. The van der Waals surface area contributed by atoms with Crippen molar-refractivity contribution in [2.45, 2.75) is 38.2 Å². The molecule has 3 heterocycles. The molecule has 2 aromatic rings. The summed E-state index contributed by atoms with van der Waals surface area (Å²) < 4.78 is 13.4. The lowest BCUT2D eigenvalue weighted by Gasteiger charge is -2.37. The molecular formula is C25H29ClFN3O3. The van der Waals surface area contributed by atoms with Crippen molar-refractivity contribution in [2.75, 3.05) is 31.1 Å². The molecule has 0 radical (unpaired) electrons. The summed E-state index contributed by atoms with van der Waals surface area (Å²) in [6.45, 7) is 3.07. The Bertz CT molecular complexity index is 989. The highest BCUT2D eigenvalue weighted by Crippen LogP contribution is 2.32. The molecule has 8 heteroatoms. The van der Waals surface area contributed by atoms with Gasteiger partial charge in [0.2, 0.25) is 0 Å². The highest BCUT2D eigenvalue weighted by Gasteiger charge is 2.30. The minimum Gasteiger partial charge on any atom is -0.378 e. The number of halogens is 2. The summed E-state index contributed by atoms with van der Waals surface area (Å²) in [7, 11) is 0. The van der Waals surface area contributed by atoms with Crippen LogP contribution in [0.3, 0.4) is 0 Å². The van der Waals surface area contributed by atoms with E-state index in [1.54, 1.807) is 17.0 Å². The van der Waals surface area contributed by atoms with Crippen LogP contribution in [0.25, 0.3) is 0 Å². The van der Waals surface area contributed by atoms with Crippen LogP contribution in [0.2, 0.25) is 5.15 Å². The number of aldehydes is 1. The van der Waals surface area contributed by atoms with Crippen LogP contribution in [0.5, 0.6) is 0 Å². The maximum absolute atomic E-state index is 13.4. The lowest BCUT2D eigenvalue weighted by atomic mass is 9.82. The third-order valence-electron chi connectivity index (χ3n) is 6.92. The summed E-state index contributed by atoms with van der Waals surface area (Å²) in [6.07, 6.45) is 4.54. The number of hydrogen-bond donors (Lipinski definition) is 1. The fourth-order valence-electron chi connectivity index (χ4n) is 4.95. The Labute approximate surface area is 198 Å². The van der Waals surface area contributed by atoms with E-state index in [1.807, 2.05) is 6.07 Å². The molecule has 0 bridgehead atoms. The number of nitrogens with zero attached hydrogens (tertiary/aromatic N) is 3. The third kappa shape index (κ3) is 5.71. The van der Waals surface area contributed by atoms with E-state index >= 15 is 0 Å². The van der Waals surface area contributed by atoms with Crippen molar-refractivity contribution < 1.29 is 19.1 Å². The van der Waals surface area contributed by atoms with Crippen LogP contribution >= 0.6 is 11.6 Å². The Morgan fingerprint density at radius 3 is 2.39 bits per heavy atom. The first kappa shape index (κ1) is 23.6. The van der Waals surface area contributed by atoms with Gasteiger partial charge in [-0.2, -0.15) is 0 Å². The normalized spacial score (nSPS) is 18.9. The van der Waals surface area contributed by atoms with Gasteiger partial charge in [0.1, 0.15) is 16.8 Å². The topological polar surface area (TPSA) is 73.7 Å². The first-order chi connectivity index (χ1) is 15.9. The highest BCUT2D eigenvalue weighted by atomic mass is 35.5. The SMILES string of the molecule is O=Cc1ccc(N2CCC(CC3CCN(C(=O)C(O)c4cccc(F)c4)CC3)CC2)nc1Cl. The predicted molar refractivity (Wildman–Crippen MR) is 125 cm³/mol. The fourth-order valence-corrected chi connectivity index (χ4v) is 5.14. The molecule has 176 valence electrons. The Morgan fingerprint density at radius 2 is 1.79 bits per heavy atom. The van der Waals surface area contributed by atoms with Gasteiger partial charge in [-0.15, -0.1) is 0 Å². The highest BCUT2D eigenvalue weighted by molar-refractivity contribution is 6.31. The predicted octanol–water partition coefficient (Wildman–Crippen LogP) is 4.27. The summed E-state index contributed by atoms with van der Waals surface area (Å²) in [5.41, 5.74) is 0.703. The number of likely N-dealkylation sites (tertiary alicyclic amines) is 1. The molecule has 2 aliphatic rings. The van der Waals surface area contributed by atoms with Crippen molar-refractivity contribution in [1.82, 2.24) is 9.88 Å². The van der Waals surface area contributed by atoms with Crippen molar-refractivity contribution in [3.05, 3.63) is 58.5 Å². The molecular weight excluding hydrogens is 445 g/mol. The van der Waals surface area contributed by atoms with Crippen molar-refractivity contribution in [1.29, 1.82) is 0 Å². The van der Waals surface area contributed by atoms with Gasteiger partial charge in [0, 0.05) is 26.2 Å². The molecule has 0 aliphatic carbocycles. The molecule has 4 rings (SSSR count). The second kappa shape index (κ2) is 10.6. The van der Waals surface area contributed by atoms with Gasteiger partial charge in [0.15, 0.2) is 12.4 Å². The maximum atomic E-state index is 13.4. The largest absolute Gasteiger partial charge is 0.378 e. The van der Waals surface area contributed by atoms with E-state index in [2.05, 4.69) is 9.88 Å². The van der Waals surface area contributed by atoms with Crippen LogP contribution in [0.15, 0.2) is 36.4 Å². The molecule has 1 unspecified atom stereocenters. The van der Waals surface area contributed by atoms with Crippen molar-refractivity contribution in [2.24, 2.45) is 11.8 Å². The van der Waals surface area contributed by atoms with Gasteiger partial charge in [0.05, 0.1) is 5.56 Å². The zero-order valence-electron chi connectivity index (χ0n) is 18.5. The molecule has 2 saturated heterocycles. The van der Waals surface area contributed by atoms with E-state index in [0.29, 0.717) is 42.3 Å². The van der Waals surface area contributed by atoms with Crippen molar-refractivity contribution in [3.63, 3.8) is 0 Å². The van der Waals surface area contributed by atoms with E-state index in [9.17, 15) is 19.1 Å². The van der Waals surface area contributed by atoms with Gasteiger partial charge in [-0.25, -0.2) is 9.37 Å². The summed E-state index contributed by atoms with van der Waals surface area (Å²) >= 11 is 6.07. The fraction of sp³-hybridized carbons (Fsp3) is 0.480. The monoisotopic (exact) mass is 473 g/mol. The summed E-state index contributed by atoms with van der Waals surface area (Å²) in [6, 6.07) is 9.15. The Balaban J connectivity index is 1.22. The van der Waals surface area contributed by atoms with Gasteiger partial charge in [-0.05, 0) is 73.8 Å². The second-order valence-corrected chi connectivity index (χ2v) is 9.42. The number of aliphatic hydroxyl groups excluding tert-OH is 1. The van der Waals surface area contributed by atoms with Crippen molar-refractivity contribution >= 4 is 29.6 Å². The van der Waals surface area contributed by atoms with Gasteiger partial charge in [0.25, 0.3) is 5.91 Å².